The van der Waals surface area contributed by atoms with Crippen molar-refractivity contribution in [3.05, 3.63) is 11.8 Å². The van der Waals surface area contributed by atoms with Gasteiger partial charge in [0.25, 0.3) is 0 Å². The summed E-state index contributed by atoms with van der Waals surface area (Å²) in [5.41, 5.74) is 0.439. The van der Waals surface area contributed by atoms with E-state index in [4.69, 9.17) is 4.74 Å². The molecule has 110 valence electrons. The van der Waals surface area contributed by atoms with E-state index in [-0.39, 0.29) is 12.0 Å². The van der Waals surface area contributed by atoms with Crippen molar-refractivity contribution in [2.75, 3.05) is 0 Å². The Balaban J connectivity index is 2.92. The van der Waals surface area contributed by atoms with Gasteiger partial charge in [-0.25, -0.2) is 4.79 Å². The smallest absolute Gasteiger partial charge is 0.328 e. The van der Waals surface area contributed by atoms with Crippen molar-refractivity contribution in [2.45, 2.75) is 71.5 Å². The third kappa shape index (κ3) is 4.35. The molecule has 0 aliphatic carbocycles. The lowest BCUT2D eigenvalue weighted by Crippen LogP contribution is -2.50. The molecule has 0 fully saturated rings. The second-order valence-electron chi connectivity index (χ2n) is 7.21. The molecule has 0 spiro atoms. The first-order valence-electron chi connectivity index (χ1n) is 6.82. The van der Waals surface area contributed by atoms with E-state index in [0.717, 1.165) is 5.57 Å². The van der Waals surface area contributed by atoms with E-state index < -0.39 is 19.9 Å². The average Bonchev–Trinajstić information content (AvgIpc) is 2.57. The van der Waals surface area contributed by atoms with Crippen molar-refractivity contribution < 1.29 is 14.6 Å². The highest BCUT2D eigenvalue weighted by Gasteiger charge is 2.40. The number of nitrogens with zero attached hydrogens (tertiary/aromatic N) is 1. The fourth-order valence-electron chi connectivity index (χ4n) is 2.15. The molecule has 0 unspecified atom stereocenters. The summed E-state index contributed by atoms with van der Waals surface area (Å²) in [7, 11) is -1.67. The Bertz CT molecular complexity index is 377. The molecule has 0 saturated carbocycles. The average molecular weight is 285 g/mol. The van der Waals surface area contributed by atoms with Crippen molar-refractivity contribution in [2.24, 2.45) is 0 Å². The van der Waals surface area contributed by atoms with Gasteiger partial charge >= 0.3 is 5.97 Å². The second kappa shape index (κ2) is 5.29. The van der Waals surface area contributed by atoms with Crippen molar-refractivity contribution >= 4 is 14.2 Å². The maximum atomic E-state index is 12.3. The quantitative estimate of drug-likeness (QED) is 0.639. The number of rotatable bonds is 3. The van der Waals surface area contributed by atoms with Gasteiger partial charge in [-0.1, -0.05) is 19.6 Å². The fraction of sp³-hybridized carbons (Fsp3) is 0.786. The van der Waals surface area contributed by atoms with Crippen LogP contribution in [0, 0.1) is 0 Å². The van der Waals surface area contributed by atoms with E-state index in [9.17, 15) is 9.90 Å². The Morgan fingerprint density at radius 2 is 2.00 bits per heavy atom. The van der Waals surface area contributed by atoms with Crippen LogP contribution in [0.4, 0.5) is 0 Å². The molecule has 0 aromatic rings. The number of carbonyl (C=O) groups excluding carboxylic acids is 1. The van der Waals surface area contributed by atoms with Crippen molar-refractivity contribution in [3.63, 3.8) is 0 Å². The summed E-state index contributed by atoms with van der Waals surface area (Å²) < 4.78 is 7.63. The lowest BCUT2D eigenvalue weighted by Gasteiger charge is -2.36. The van der Waals surface area contributed by atoms with Crippen molar-refractivity contribution in [3.8, 4) is 0 Å². The molecular formula is C14H27NO3Si. The van der Waals surface area contributed by atoms with Crippen LogP contribution in [0.25, 0.3) is 0 Å². The van der Waals surface area contributed by atoms with Gasteiger partial charge in [0.2, 0.25) is 0 Å². The summed E-state index contributed by atoms with van der Waals surface area (Å²) in [6, 6.07) is -0.282. The molecule has 0 bridgehead atoms. The van der Waals surface area contributed by atoms with Crippen LogP contribution in [-0.4, -0.2) is 41.6 Å². The van der Waals surface area contributed by atoms with Crippen LogP contribution < -0.4 is 0 Å². The van der Waals surface area contributed by atoms with E-state index in [2.05, 4.69) is 24.2 Å². The van der Waals surface area contributed by atoms with Crippen LogP contribution in [-0.2, 0) is 9.53 Å². The SMILES string of the molecule is C[C@@H](O)C1=CN([Si](C)(C)C)[C@@H](C(=O)OC(C)(C)C)C1. The van der Waals surface area contributed by atoms with Crippen LogP contribution in [0.2, 0.25) is 19.6 Å². The second-order valence-corrected chi connectivity index (χ2v) is 12.1. The molecule has 0 amide bonds. The van der Waals surface area contributed by atoms with E-state index in [1.165, 1.54) is 0 Å². The number of hydrogen-bond donors (Lipinski definition) is 1. The maximum Gasteiger partial charge on any atom is 0.328 e. The van der Waals surface area contributed by atoms with Gasteiger partial charge in [0.05, 0.1) is 6.10 Å². The summed E-state index contributed by atoms with van der Waals surface area (Å²) in [4.78, 5) is 12.3. The summed E-state index contributed by atoms with van der Waals surface area (Å²) in [6.07, 6.45) is 2.02. The minimum Gasteiger partial charge on any atom is -0.458 e. The third-order valence-electron chi connectivity index (χ3n) is 3.06. The molecule has 0 aromatic carbocycles. The van der Waals surface area contributed by atoms with Gasteiger partial charge in [-0.05, 0) is 39.5 Å². The molecule has 1 aliphatic heterocycles. The minimum atomic E-state index is -1.67. The Morgan fingerprint density at radius 3 is 2.37 bits per heavy atom. The Labute approximate surface area is 117 Å². The van der Waals surface area contributed by atoms with Gasteiger partial charge in [-0.3, -0.25) is 0 Å². The Hall–Kier alpha value is -0.813. The Morgan fingerprint density at radius 1 is 1.47 bits per heavy atom. The zero-order valence-corrected chi connectivity index (χ0v) is 14.2. The number of ether oxygens (including phenoxy) is 1. The molecule has 0 radical (unpaired) electrons. The topological polar surface area (TPSA) is 49.8 Å². The molecule has 0 aromatic heterocycles. The van der Waals surface area contributed by atoms with Gasteiger partial charge in [-0.15, -0.1) is 0 Å². The lowest BCUT2D eigenvalue weighted by atomic mass is 10.1. The zero-order valence-electron chi connectivity index (χ0n) is 13.2. The molecule has 1 N–H and O–H groups in total. The van der Waals surface area contributed by atoms with Gasteiger partial charge < -0.3 is 14.4 Å². The van der Waals surface area contributed by atoms with E-state index in [1.54, 1.807) is 6.92 Å². The lowest BCUT2D eigenvalue weighted by molar-refractivity contribution is -0.158. The first-order valence-corrected chi connectivity index (χ1v) is 10.3. The normalized spacial score (nSPS) is 22.2. The van der Waals surface area contributed by atoms with Gasteiger partial charge in [-0.2, -0.15) is 0 Å². The van der Waals surface area contributed by atoms with E-state index in [1.807, 2.05) is 27.0 Å². The van der Waals surface area contributed by atoms with Crippen LogP contribution in [0.5, 0.6) is 0 Å². The highest BCUT2D eigenvalue weighted by molar-refractivity contribution is 6.73. The minimum absolute atomic E-state index is 0.193. The first-order chi connectivity index (χ1) is 8.42. The molecule has 1 rings (SSSR count). The van der Waals surface area contributed by atoms with Gasteiger partial charge in [0.15, 0.2) is 0 Å². The Kier molecular flexibility index (Phi) is 4.52. The molecule has 19 heavy (non-hydrogen) atoms. The van der Waals surface area contributed by atoms with Crippen molar-refractivity contribution in [1.82, 2.24) is 4.57 Å². The summed E-state index contributed by atoms with van der Waals surface area (Å²) in [5.74, 6) is -0.193. The monoisotopic (exact) mass is 285 g/mol. The maximum absolute atomic E-state index is 12.3. The van der Waals surface area contributed by atoms with E-state index >= 15 is 0 Å². The first kappa shape index (κ1) is 16.2. The highest BCUT2D eigenvalue weighted by atomic mass is 28.3. The predicted octanol–water partition coefficient (Wildman–Crippen LogP) is 2.50. The molecule has 5 heteroatoms. The molecule has 4 nitrogen and oxygen atoms in total. The fourth-order valence-corrected chi connectivity index (χ4v) is 3.83. The number of esters is 1. The molecular weight excluding hydrogens is 258 g/mol. The number of aliphatic hydroxyl groups is 1. The van der Waals surface area contributed by atoms with E-state index in [0.29, 0.717) is 6.42 Å². The van der Waals surface area contributed by atoms with Crippen LogP contribution in [0.3, 0.4) is 0 Å². The van der Waals surface area contributed by atoms with Crippen LogP contribution in [0.15, 0.2) is 11.8 Å². The summed E-state index contributed by atoms with van der Waals surface area (Å²) in [6.45, 7) is 13.9. The highest BCUT2D eigenvalue weighted by Crippen LogP contribution is 2.30. The van der Waals surface area contributed by atoms with Gasteiger partial charge in [0, 0.05) is 6.42 Å². The summed E-state index contributed by atoms with van der Waals surface area (Å²) in [5, 5.41) is 9.74. The van der Waals surface area contributed by atoms with Crippen LogP contribution in [0.1, 0.15) is 34.1 Å². The molecule has 2 atom stereocenters. The standard InChI is InChI=1S/C14H27NO3Si/c1-10(16)11-8-12(13(17)18-14(2,3)4)15(9-11)19(5,6)7/h9-10,12,16H,8H2,1-7H3/t10-,12-/m1/s1. The number of carbonyl (C=O) groups is 1. The predicted molar refractivity (Wildman–Crippen MR) is 79.2 cm³/mol. The summed E-state index contributed by atoms with van der Waals surface area (Å²) >= 11 is 0. The number of hydrogen-bond acceptors (Lipinski definition) is 4. The largest absolute Gasteiger partial charge is 0.458 e. The molecule has 1 aliphatic rings. The molecule has 0 saturated heterocycles. The zero-order chi connectivity index (χ0) is 15.0. The molecule has 1 heterocycles. The third-order valence-corrected chi connectivity index (χ3v) is 5.05. The van der Waals surface area contributed by atoms with Gasteiger partial charge in [0.1, 0.15) is 19.9 Å². The van der Waals surface area contributed by atoms with Crippen LogP contribution >= 0.6 is 0 Å². The van der Waals surface area contributed by atoms with Crippen molar-refractivity contribution in [1.29, 1.82) is 0 Å². The number of aliphatic hydroxyl groups excluding tert-OH is 1.